The van der Waals surface area contributed by atoms with Crippen molar-refractivity contribution in [1.29, 1.82) is 0 Å². The summed E-state index contributed by atoms with van der Waals surface area (Å²) in [5.41, 5.74) is -0.163. The molecule has 0 saturated carbocycles. The SMILES string of the molecule is COc1ccc(-c2cc(=O)c3c(OCCO)cc(O[C@@H]4O[C@H](CO[C@@H]5O[C@@H](O)[C@H](O)[C@@H](O)[C@H]5O)[C@@H](O)[C@H](O)[C@H]4O)cc3o2)cc1OCCO. The summed E-state index contributed by atoms with van der Waals surface area (Å²) < 4.78 is 44.3. The Kier molecular flexibility index (Phi) is 11.9. The molecule has 2 fully saturated rings. The van der Waals surface area contributed by atoms with Gasteiger partial charge < -0.3 is 83.5 Å². The Hall–Kier alpha value is -3.63. The second-order valence-corrected chi connectivity index (χ2v) is 11.1. The third kappa shape index (κ3) is 7.91. The van der Waals surface area contributed by atoms with Gasteiger partial charge in [-0.25, -0.2) is 0 Å². The van der Waals surface area contributed by atoms with Gasteiger partial charge >= 0.3 is 0 Å². The maximum Gasteiger partial charge on any atom is 0.229 e. The number of fused-ring (bicyclic) bond motifs is 1. The van der Waals surface area contributed by atoms with Gasteiger partial charge in [0.05, 0.1) is 26.9 Å². The minimum Gasteiger partial charge on any atom is -0.493 e. The van der Waals surface area contributed by atoms with Gasteiger partial charge in [-0.05, 0) is 18.2 Å². The quantitative estimate of drug-likeness (QED) is 0.0870. The van der Waals surface area contributed by atoms with Crippen LogP contribution < -0.4 is 24.4 Å². The average Bonchev–Trinajstić information content (AvgIpc) is 3.09. The van der Waals surface area contributed by atoms with E-state index in [0.717, 1.165) is 0 Å². The van der Waals surface area contributed by atoms with Crippen molar-refractivity contribution >= 4 is 11.0 Å². The van der Waals surface area contributed by atoms with Crippen molar-refractivity contribution in [2.45, 2.75) is 61.6 Å². The van der Waals surface area contributed by atoms with E-state index in [-0.39, 0.29) is 53.8 Å². The minimum atomic E-state index is -1.90. The summed E-state index contributed by atoms with van der Waals surface area (Å²) >= 11 is 0. The summed E-state index contributed by atoms with van der Waals surface area (Å²) in [5.74, 6) is 0.587. The molecule has 2 aromatic carbocycles. The van der Waals surface area contributed by atoms with E-state index < -0.39 is 80.2 Å². The molecule has 0 amide bonds. The second kappa shape index (κ2) is 15.9. The molecule has 0 radical (unpaired) electrons. The molecule has 270 valence electrons. The van der Waals surface area contributed by atoms with Crippen LogP contribution in [0.3, 0.4) is 0 Å². The molecule has 18 nitrogen and oxygen atoms in total. The standard InChI is InChI=1S/C31H38O18/c1-42-16-3-2-13(8-18(16)43-6-4-32)17-11-15(34)22-19(44-7-5-33)9-14(10-20(22)47-17)46-31-28(40)24(36)23(35)21(48-31)12-45-30-27(39)25(37)26(38)29(41)49-30/h2-3,8-11,21,23-33,35-41H,4-7,12H2,1H3/t21-,23-,24+,25-,26-,27-,28-,29-,30-,31-/m1/s1. The molecule has 5 rings (SSSR count). The third-order valence-electron chi connectivity index (χ3n) is 7.80. The van der Waals surface area contributed by atoms with Gasteiger partial charge in [-0.15, -0.1) is 0 Å². The van der Waals surface area contributed by atoms with Crippen LogP contribution in [0.25, 0.3) is 22.3 Å². The molecule has 0 bridgehead atoms. The molecule has 49 heavy (non-hydrogen) atoms. The van der Waals surface area contributed by atoms with Crippen LogP contribution in [0.2, 0.25) is 0 Å². The number of hydrogen-bond donors (Lipinski definition) is 9. The lowest BCUT2D eigenvalue weighted by atomic mass is 9.99. The highest BCUT2D eigenvalue weighted by Crippen LogP contribution is 2.36. The van der Waals surface area contributed by atoms with Crippen molar-refractivity contribution in [3.63, 3.8) is 0 Å². The number of hydrogen-bond acceptors (Lipinski definition) is 18. The molecule has 0 unspecified atom stereocenters. The Balaban J connectivity index is 1.42. The molecule has 18 heteroatoms. The fourth-order valence-electron chi connectivity index (χ4n) is 5.25. The molecular formula is C31H38O18. The third-order valence-corrected chi connectivity index (χ3v) is 7.80. The molecule has 3 aromatic rings. The summed E-state index contributed by atoms with van der Waals surface area (Å²) in [6.45, 7) is -1.51. The van der Waals surface area contributed by atoms with Crippen molar-refractivity contribution in [2.75, 3.05) is 40.1 Å². The molecular weight excluding hydrogens is 660 g/mol. The van der Waals surface area contributed by atoms with Crippen molar-refractivity contribution in [3.8, 4) is 34.3 Å². The normalized spacial score (nSPS) is 30.2. The van der Waals surface area contributed by atoms with Crippen LogP contribution >= 0.6 is 0 Å². The van der Waals surface area contributed by atoms with Crippen molar-refractivity contribution in [1.82, 2.24) is 0 Å². The second-order valence-electron chi connectivity index (χ2n) is 11.1. The first kappa shape index (κ1) is 36.6. The Labute approximate surface area is 277 Å². The van der Waals surface area contributed by atoms with Gasteiger partial charge in [0.15, 0.2) is 29.5 Å². The highest BCUT2D eigenvalue weighted by atomic mass is 16.8. The van der Waals surface area contributed by atoms with Gasteiger partial charge in [0.1, 0.15) is 84.2 Å². The van der Waals surface area contributed by atoms with Gasteiger partial charge in [0.25, 0.3) is 0 Å². The lowest BCUT2D eigenvalue weighted by molar-refractivity contribution is -0.350. The minimum absolute atomic E-state index is 0.0119. The topological polar surface area (TPSA) is 277 Å². The molecule has 2 aliphatic heterocycles. The molecule has 2 saturated heterocycles. The highest BCUT2D eigenvalue weighted by Gasteiger charge is 2.47. The maximum absolute atomic E-state index is 13.4. The molecule has 10 atom stereocenters. The Morgan fingerprint density at radius 3 is 2.08 bits per heavy atom. The number of rotatable bonds is 13. The smallest absolute Gasteiger partial charge is 0.229 e. The van der Waals surface area contributed by atoms with Crippen molar-refractivity contribution in [3.05, 3.63) is 46.6 Å². The summed E-state index contributed by atoms with van der Waals surface area (Å²) in [4.78, 5) is 13.4. The molecule has 9 N–H and O–H groups in total. The molecule has 0 spiro atoms. The van der Waals surface area contributed by atoms with Crippen LogP contribution in [0.4, 0.5) is 0 Å². The fraction of sp³-hybridized carbons (Fsp3) is 0.516. The van der Waals surface area contributed by atoms with E-state index in [1.807, 2.05) is 0 Å². The first-order chi connectivity index (χ1) is 23.5. The number of aliphatic hydroxyl groups excluding tert-OH is 9. The van der Waals surface area contributed by atoms with E-state index in [0.29, 0.717) is 11.3 Å². The van der Waals surface area contributed by atoms with Gasteiger partial charge in [-0.1, -0.05) is 0 Å². The van der Waals surface area contributed by atoms with Crippen LogP contribution in [-0.4, -0.2) is 148 Å². The molecule has 3 heterocycles. The predicted octanol–water partition coefficient (Wildman–Crippen LogP) is -2.83. The molecule has 2 aliphatic rings. The lowest BCUT2D eigenvalue weighted by Gasteiger charge is -2.42. The maximum atomic E-state index is 13.4. The summed E-state index contributed by atoms with van der Waals surface area (Å²) in [7, 11) is 1.44. The van der Waals surface area contributed by atoms with Gasteiger partial charge in [0.2, 0.25) is 6.29 Å². The summed E-state index contributed by atoms with van der Waals surface area (Å²) in [5, 5.41) is 89.8. The Morgan fingerprint density at radius 1 is 0.714 bits per heavy atom. The van der Waals surface area contributed by atoms with Gasteiger partial charge in [0, 0.05) is 23.8 Å². The average molecular weight is 699 g/mol. The van der Waals surface area contributed by atoms with Crippen LogP contribution in [0.1, 0.15) is 0 Å². The summed E-state index contributed by atoms with van der Waals surface area (Å²) in [6, 6.07) is 8.51. The van der Waals surface area contributed by atoms with E-state index in [1.54, 1.807) is 18.2 Å². The lowest BCUT2D eigenvalue weighted by Crippen LogP contribution is -2.61. The number of ether oxygens (including phenoxy) is 7. The van der Waals surface area contributed by atoms with Gasteiger partial charge in [-0.2, -0.15) is 0 Å². The molecule has 1 aromatic heterocycles. The first-order valence-corrected chi connectivity index (χ1v) is 15.1. The van der Waals surface area contributed by atoms with Crippen LogP contribution in [0.15, 0.2) is 45.6 Å². The first-order valence-electron chi connectivity index (χ1n) is 15.1. The Bertz CT molecular complexity index is 1610. The summed E-state index contributed by atoms with van der Waals surface area (Å²) in [6.07, 6.45) is -17.5. The fourth-order valence-corrected chi connectivity index (χ4v) is 5.25. The van der Waals surface area contributed by atoms with E-state index in [4.69, 9.17) is 37.6 Å². The monoisotopic (exact) mass is 698 g/mol. The van der Waals surface area contributed by atoms with Gasteiger partial charge in [-0.3, -0.25) is 4.79 Å². The van der Waals surface area contributed by atoms with Crippen molar-refractivity contribution < 1.29 is 83.5 Å². The zero-order chi connectivity index (χ0) is 35.4. The van der Waals surface area contributed by atoms with Crippen LogP contribution in [0.5, 0.6) is 23.0 Å². The highest BCUT2D eigenvalue weighted by molar-refractivity contribution is 5.86. The van der Waals surface area contributed by atoms with E-state index in [9.17, 15) is 50.8 Å². The van der Waals surface area contributed by atoms with E-state index in [2.05, 4.69) is 0 Å². The largest absolute Gasteiger partial charge is 0.493 e. The Morgan fingerprint density at radius 2 is 1.39 bits per heavy atom. The van der Waals surface area contributed by atoms with E-state index >= 15 is 0 Å². The molecule has 0 aliphatic carbocycles. The van der Waals surface area contributed by atoms with Crippen molar-refractivity contribution in [2.24, 2.45) is 0 Å². The number of methoxy groups -OCH3 is 1. The number of benzene rings is 2. The van der Waals surface area contributed by atoms with E-state index in [1.165, 1.54) is 25.3 Å². The zero-order valence-corrected chi connectivity index (χ0v) is 26.0. The number of aliphatic hydroxyl groups is 9. The van der Waals surface area contributed by atoms with Crippen LogP contribution in [0, 0.1) is 0 Å². The van der Waals surface area contributed by atoms with Crippen LogP contribution in [-0.2, 0) is 14.2 Å². The predicted molar refractivity (Wildman–Crippen MR) is 162 cm³/mol. The zero-order valence-electron chi connectivity index (χ0n) is 26.0.